The Hall–Kier alpha value is -3.31. The standard InChI is InChI=1S/C28H28ClN3O2/c1-18-8-9-19(2)26(14-18)32-17-21(16-27(32)33)28-30-24-6-4-5-7-25(24)31(28)12-13-34-22-10-11-23(29)20(3)15-22/h4-11,14-15,21H,12-13,16-17H2,1-3H3. The van der Waals surface area contributed by atoms with E-state index in [2.05, 4.69) is 42.7 Å². The molecule has 5 rings (SSSR count). The zero-order valence-corrected chi connectivity index (χ0v) is 20.5. The highest BCUT2D eigenvalue weighted by molar-refractivity contribution is 6.31. The average Bonchev–Trinajstić information content (AvgIpc) is 3.38. The molecule has 1 unspecified atom stereocenters. The van der Waals surface area contributed by atoms with Crippen LogP contribution in [0.5, 0.6) is 5.75 Å². The Balaban J connectivity index is 1.41. The zero-order chi connectivity index (χ0) is 23.8. The second kappa shape index (κ2) is 9.15. The van der Waals surface area contributed by atoms with E-state index in [0.29, 0.717) is 26.1 Å². The number of fused-ring (bicyclic) bond motifs is 1. The topological polar surface area (TPSA) is 47.4 Å². The first-order valence-corrected chi connectivity index (χ1v) is 12.0. The fraction of sp³-hybridized carbons (Fsp3) is 0.286. The van der Waals surface area contributed by atoms with Crippen LogP contribution in [0.4, 0.5) is 5.69 Å². The summed E-state index contributed by atoms with van der Waals surface area (Å²) < 4.78 is 8.25. The van der Waals surface area contributed by atoms with Crippen molar-refractivity contribution < 1.29 is 9.53 Å². The second-order valence-electron chi connectivity index (χ2n) is 9.07. The average molecular weight is 474 g/mol. The molecule has 4 aromatic rings. The molecule has 1 saturated heterocycles. The third-order valence-electron chi connectivity index (χ3n) is 6.54. The summed E-state index contributed by atoms with van der Waals surface area (Å²) in [5.74, 6) is 1.91. The van der Waals surface area contributed by atoms with Crippen molar-refractivity contribution in [3.8, 4) is 5.75 Å². The van der Waals surface area contributed by atoms with E-state index in [-0.39, 0.29) is 11.8 Å². The molecule has 0 aliphatic carbocycles. The second-order valence-corrected chi connectivity index (χ2v) is 9.47. The molecule has 174 valence electrons. The van der Waals surface area contributed by atoms with Crippen LogP contribution < -0.4 is 9.64 Å². The van der Waals surface area contributed by atoms with E-state index in [1.54, 1.807) is 0 Å². The highest BCUT2D eigenvalue weighted by Gasteiger charge is 2.35. The number of benzene rings is 3. The molecule has 0 radical (unpaired) electrons. The highest BCUT2D eigenvalue weighted by atomic mass is 35.5. The van der Waals surface area contributed by atoms with E-state index < -0.39 is 0 Å². The van der Waals surface area contributed by atoms with Gasteiger partial charge in [0, 0.05) is 29.6 Å². The van der Waals surface area contributed by atoms with E-state index in [1.807, 2.05) is 48.2 Å². The first kappa shape index (κ1) is 22.5. The number of hydrogen-bond acceptors (Lipinski definition) is 3. The fourth-order valence-corrected chi connectivity index (χ4v) is 4.84. The van der Waals surface area contributed by atoms with Crippen LogP contribution in [-0.4, -0.2) is 28.6 Å². The summed E-state index contributed by atoms with van der Waals surface area (Å²) in [7, 11) is 0. The summed E-state index contributed by atoms with van der Waals surface area (Å²) in [5, 5.41) is 0.731. The quantitative estimate of drug-likeness (QED) is 0.334. The molecule has 1 aliphatic rings. The Morgan fingerprint density at radius 1 is 1.03 bits per heavy atom. The number of ether oxygens (including phenoxy) is 1. The monoisotopic (exact) mass is 473 g/mol. The molecule has 1 fully saturated rings. The summed E-state index contributed by atoms with van der Waals surface area (Å²) in [6.07, 6.45) is 0.452. The summed E-state index contributed by atoms with van der Waals surface area (Å²) in [6, 6.07) is 20.1. The Labute approximate surface area is 204 Å². The van der Waals surface area contributed by atoms with E-state index in [0.717, 1.165) is 50.0 Å². The number of hydrogen-bond donors (Lipinski definition) is 0. The zero-order valence-electron chi connectivity index (χ0n) is 19.7. The Morgan fingerprint density at radius 3 is 2.68 bits per heavy atom. The lowest BCUT2D eigenvalue weighted by atomic mass is 10.1. The third-order valence-corrected chi connectivity index (χ3v) is 6.97. The first-order chi connectivity index (χ1) is 16.4. The number of amides is 1. The van der Waals surface area contributed by atoms with Crippen LogP contribution in [0, 0.1) is 20.8 Å². The Bertz CT molecular complexity index is 1380. The van der Waals surface area contributed by atoms with Gasteiger partial charge in [-0.15, -0.1) is 0 Å². The molecule has 1 aliphatic heterocycles. The molecule has 0 bridgehead atoms. The number of rotatable bonds is 6. The molecule has 34 heavy (non-hydrogen) atoms. The third kappa shape index (κ3) is 4.28. The van der Waals surface area contributed by atoms with E-state index in [4.69, 9.17) is 21.3 Å². The van der Waals surface area contributed by atoms with E-state index in [9.17, 15) is 4.79 Å². The minimum Gasteiger partial charge on any atom is -0.492 e. The molecule has 1 atom stereocenters. The van der Waals surface area contributed by atoms with Gasteiger partial charge in [0.25, 0.3) is 0 Å². The molecular formula is C28H28ClN3O2. The van der Waals surface area contributed by atoms with Gasteiger partial charge in [0.1, 0.15) is 18.2 Å². The van der Waals surface area contributed by atoms with Crippen molar-refractivity contribution in [2.75, 3.05) is 18.1 Å². The summed E-state index contributed by atoms with van der Waals surface area (Å²) in [5.41, 5.74) is 6.25. The van der Waals surface area contributed by atoms with Crippen LogP contribution in [0.2, 0.25) is 5.02 Å². The van der Waals surface area contributed by atoms with E-state index >= 15 is 0 Å². The van der Waals surface area contributed by atoms with Crippen molar-refractivity contribution in [3.05, 3.63) is 88.2 Å². The normalized spacial score (nSPS) is 15.9. The summed E-state index contributed by atoms with van der Waals surface area (Å²) in [4.78, 5) is 19.9. The van der Waals surface area contributed by atoms with Crippen molar-refractivity contribution in [3.63, 3.8) is 0 Å². The molecule has 2 heterocycles. The molecule has 3 aromatic carbocycles. The van der Waals surface area contributed by atoms with Crippen LogP contribution in [0.1, 0.15) is 34.9 Å². The van der Waals surface area contributed by atoms with Crippen LogP contribution in [0.25, 0.3) is 11.0 Å². The van der Waals surface area contributed by atoms with Gasteiger partial charge in [-0.25, -0.2) is 4.98 Å². The molecule has 1 amide bonds. The molecule has 0 saturated carbocycles. The van der Waals surface area contributed by atoms with Gasteiger partial charge in [0.15, 0.2) is 0 Å². The lowest BCUT2D eigenvalue weighted by molar-refractivity contribution is -0.117. The van der Waals surface area contributed by atoms with Gasteiger partial charge in [-0.2, -0.15) is 0 Å². The lowest BCUT2D eigenvalue weighted by Gasteiger charge is -2.20. The van der Waals surface area contributed by atoms with Crippen molar-refractivity contribution in [2.24, 2.45) is 0 Å². The molecule has 0 N–H and O–H groups in total. The van der Waals surface area contributed by atoms with Crippen LogP contribution in [-0.2, 0) is 11.3 Å². The summed E-state index contributed by atoms with van der Waals surface area (Å²) >= 11 is 6.14. The van der Waals surface area contributed by atoms with Crippen molar-refractivity contribution >= 4 is 34.2 Å². The Morgan fingerprint density at radius 2 is 1.85 bits per heavy atom. The molecule has 1 aromatic heterocycles. The van der Waals surface area contributed by atoms with Crippen LogP contribution >= 0.6 is 11.6 Å². The largest absolute Gasteiger partial charge is 0.492 e. The Kier molecular flexibility index (Phi) is 6.05. The minimum atomic E-state index is 0.0255. The van der Waals surface area contributed by atoms with Gasteiger partial charge in [-0.05, 0) is 73.9 Å². The molecule has 5 nitrogen and oxygen atoms in total. The van der Waals surface area contributed by atoms with Crippen LogP contribution in [0.3, 0.4) is 0 Å². The predicted octanol–water partition coefficient (Wildman–Crippen LogP) is 6.21. The molecule has 6 heteroatoms. The number of anilines is 1. The van der Waals surface area contributed by atoms with Crippen LogP contribution in [0.15, 0.2) is 60.7 Å². The van der Waals surface area contributed by atoms with Gasteiger partial charge in [-0.3, -0.25) is 4.79 Å². The van der Waals surface area contributed by atoms with Gasteiger partial charge in [-0.1, -0.05) is 35.9 Å². The van der Waals surface area contributed by atoms with Crippen molar-refractivity contribution in [2.45, 2.75) is 39.7 Å². The van der Waals surface area contributed by atoms with Gasteiger partial charge < -0.3 is 14.2 Å². The predicted molar refractivity (Wildman–Crippen MR) is 137 cm³/mol. The molecule has 0 spiro atoms. The van der Waals surface area contributed by atoms with Gasteiger partial charge in [0.05, 0.1) is 17.6 Å². The van der Waals surface area contributed by atoms with Crippen molar-refractivity contribution in [1.82, 2.24) is 9.55 Å². The fourth-order valence-electron chi connectivity index (χ4n) is 4.73. The molecular weight excluding hydrogens is 446 g/mol. The van der Waals surface area contributed by atoms with Gasteiger partial charge in [0.2, 0.25) is 5.91 Å². The lowest BCUT2D eigenvalue weighted by Crippen LogP contribution is -2.25. The number of imidazole rings is 1. The van der Waals surface area contributed by atoms with Gasteiger partial charge >= 0.3 is 0 Å². The SMILES string of the molecule is Cc1ccc(C)c(N2CC(c3nc4ccccc4n3CCOc3ccc(Cl)c(C)c3)CC2=O)c1. The number of aromatic nitrogens is 2. The first-order valence-electron chi connectivity index (χ1n) is 11.6. The number of nitrogens with zero attached hydrogens (tertiary/aromatic N) is 3. The van der Waals surface area contributed by atoms with E-state index in [1.165, 1.54) is 0 Å². The maximum atomic E-state index is 13.1. The number of aryl methyl sites for hydroxylation is 3. The van der Waals surface area contributed by atoms with Crippen molar-refractivity contribution in [1.29, 1.82) is 0 Å². The number of para-hydroxylation sites is 2. The number of carbonyl (C=O) groups is 1. The number of carbonyl (C=O) groups excluding carboxylic acids is 1. The number of halogens is 1. The minimum absolute atomic E-state index is 0.0255. The highest BCUT2D eigenvalue weighted by Crippen LogP contribution is 2.35. The maximum absolute atomic E-state index is 13.1. The summed E-state index contributed by atoms with van der Waals surface area (Å²) in [6.45, 7) is 7.85. The maximum Gasteiger partial charge on any atom is 0.227 e. The smallest absolute Gasteiger partial charge is 0.227 e.